The molecule has 118 valence electrons. The van der Waals surface area contributed by atoms with E-state index in [1.165, 1.54) is 23.4 Å². The van der Waals surface area contributed by atoms with E-state index in [2.05, 4.69) is 0 Å². The Morgan fingerprint density at radius 3 is 2.38 bits per heavy atom. The second kappa shape index (κ2) is 6.02. The number of hydrogen-bond donors (Lipinski definition) is 1. The lowest BCUT2D eigenvalue weighted by molar-refractivity contribution is 0.204. The molecule has 1 heterocycles. The van der Waals surface area contributed by atoms with E-state index < -0.39 is 15.8 Å². The van der Waals surface area contributed by atoms with Crippen molar-refractivity contribution in [2.75, 3.05) is 0 Å². The van der Waals surface area contributed by atoms with Crippen LogP contribution in [0.1, 0.15) is 44.2 Å². The minimum atomic E-state index is -3.71. The van der Waals surface area contributed by atoms with E-state index >= 15 is 0 Å². The van der Waals surface area contributed by atoms with Crippen molar-refractivity contribution >= 4 is 10.0 Å². The second-order valence-electron chi connectivity index (χ2n) is 5.87. The lowest BCUT2D eigenvalue weighted by Gasteiger charge is -2.38. The van der Waals surface area contributed by atoms with E-state index in [0.717, 1.165) is 19.3 Å². The summed E-state index contributed by atoms with van der Waals surface area (Å²) in [6.07, 6.45) is 2.69. The summed E-state index contributed by atoms with van der Waals surface area (Å²) < 4.78 is 41.4. The van der Waals surface area contributed by atoms with Crippen LogP contribution in [-0.4, -0.2) is 24.8 Å². The molecule has 1 aliphatic heterocycles. The first kappa shape index (κ1) is 16.4. The summed E-state index contributed by atoms with van der Waals surface area (Å²) in [6, 6.07) is 2.67. The van der Waals surface area contributed by atoms with Crippen LogP contribution >= 0.6 is 0 Å². The summed E-state index contributed by atoms with van der Waals surface area (Å²) in [6.45, 7) is 5.43. The topological polar surface area (TPSA) is 63.4 Å². The van der Waals surface area contributed by atoms with Crippen LogP contribution in [0.4, 0.5) is 4.39 Å². The maximum Gasteiger partial charge on any atom is 0.243 e. The molecule has 0 aromatic heterocycles. The molecule has 0 spiro atoms. The first-order chi connectivity index (χ1) is 9.78. The molecule has 1 aromatic carbocycles. The molecule has 2 N–H and O–H groups in total. The predicted molar refractivity (Wildman–Crippen MR) is 80.8 cm³/mol. The molecule has 0 saturated carbocycles. The Hall–Kier alpha value is -0.980. The molecule has 4 nitrogen and oxygen atoms in total. The van der Waals surface area contributed by atoms with Gasteiger partial charge in [0.2, 0.25) is 10.0 Å². The van der Waals surface area contributed by atoms with Gasteiger partial charge in [0.15, 0.2) is 0 Å². The monoisotopic (exact) mass is 314 g/mol. The van der Waals surface area contributed by atoms with E-state index in [1.807, 2.05) is 13.8 Å². The summed E-state index contributed by atoms with van der Waals surface area (Å²) in [5.41, 5.74) is 6.20. The van der Waals surface area contributed by atoms with Crippen LogP contribution < -0.4 is 5.73 Å². The molecule has 1 aliphatic rings. The molecule has 1 saturated heterocycles. The van der Waals surface area contributed by atoms with Gasteiger partial charge in [-0.1, -0.05) is 6.42 Å². The van der Waals surface area contributed by atoms with Gasteiger partial charge in [0, 0.05) is 24.2 Å². The number of nitrogens with zero attached hydrogens (tertiary/aromatic N) is 1. The number of halogens is 1. The molecular weight excluding hydrogens is 291 g/mol. The normalized spacial score (nSPS) is 24.2. The van der Waals surface area contributed by atoms with Gasteiger partial charge in [-0.3, -0.25) is 0 Å². The van der Waals surface area contributed by atoms with E-state index in [9.17, 15) is 12.8 Å². The van der Waals surface area contributed by atoms with Gasteiger partial charge in [-0.25, -0.2) is 12.8 Å². The summed E-state index contributed by atoms with van der Waals surface area (Å²) in [5, 5.41) is 0. The minimum absolute atomic E-state index is 0.0450. The predicted octanol–water partition coefficient (Wildman–Crippen LogP) is 2.54. The Kier molecular flexibility index (Phi) is 4.70. The Bertz CT molecular complexity index is 621. The fourth-order valence-corrected chi connectivity index (χ4v) is 5.25. The summed E-state index contributed by atoms with van der Waals surface area (Å²) in [7, 11) is -3.71. The lowest BCUT2D eigenvalue weighted by atomic mass is 10.0. The van der Waals surface area contributed by atoms with Gasteiger partial charge in [0.1, 0.15) is 5.82 Å². The molecule has 21 heavy (non-hydrogen) atoms. The zero-order valence-corrected chi connectivity index (χ0v) is 13.6. The first-order valence-corrected chi connectivity index (χ1v) is 8.75. The molecule has 6 heteroatoms. The van der Waals surface area contributed by atoms with Crippen molar-refractivity contribution in [3.63, 3.8) is 0 Å². The standard InChI is InChI=1S/C15H23FN2O2S/c1-10-5-4-6-11(2)18(10)21(19,20)15-8-13(9-17)7-14(16)12(15)3/h7-8,10-11H,4-6,9,17H2,1-3H3. The van der Waals surface area contributed by atoms with Crippen molar-refractivity contribution in [3.05, 3.63) is 29.1 Å². The van der Waals surface area contributed by atoms with Gasteiger partial charge in [0.05, 0.1) is 4.90 Å². The van der Waals surface area contributed by atoms with Crippen LogP contribution in [0.5, 0.6) is 0 Å². The van der Waals surface area contributed by atoms with Crippen LogP contribution in [0.15, 0.2) is 17.0 Å². The van der Waals surface area contributed by atoms with Crippen LogP contribution in [0.3, 0.4) is 0 Å². The number of benzene rings is 1. The van der Waals surface area contributed by atoms with Crippen LogP contribution in [0, 0.1) is 12.7 Å². The van der Waals surface area contributed by atoms with Crippen LogP contribution in [0.25, 0.3) is 0 Å². The Labute approximate surface area is 126 Å². The third kappa shape index (κ3) is 2.98. The van der Waals surface area contributed by atoms with Gasteiger partial charge in [-0.05, 0) is 51.3 Å². The van der Waals surface area contributed by atoms with E-state index in [4.69, 9.17) is 5.73 Å². The number of hydrogen-bond acceptors (Lipinski definition) is 3. The third-order valence-corrected chi connectivity index (χ3v) is 6.51. The molecule has 0 aliphatic carbocycles. The average Bonchev–Trinajstić information content (AvgIpc) is 2.41. The summed E-state index contributed by atoms with van der Waals surface area (Å²) in [5.74, 6) is -0.520. The van der Waals surface area contributed by atoms with Crippen molar-refractivity contribution in [2.45, 2.75) is 63.6 Å². The number of nitrogens with two attached hydrogens (primary N) is 1. The van der Waals surface area contributed by atoms with Gasteiger partial charge < -0.3 is 5.73 Å². The molecule has 2 rings (SSSR count). The van der Waals surface area contributed by atoms with Crippen molar-refractivity contribution in [3.8, 4) is 0 Å². The van der Waals surface area contributed by atoms with Gasteiger partial charge in [-0.15, -0.1) is 0 Å². The highest BCUT2D eigenvalue weighted by atomic mass is 32.2. The number of piperidine rings is 1. The molecular formula is C15H23FN2O2S. The number of sulfonamides is 1. The maximum absolute atomic E-state index is 14.0. The van der Waals surface area contributed by atoms with Crippen LogP contribution in [-0.2, 0) is 16.6 Å². The highest BCUT2D eigenvalue weighted by Gasteiger charge is 2.36. The molecule has 1 fully saturated rings. The summed E-state index contributed by atoms with van der Waals surface area (Å²) in [4.78, 5) is 0.0450. The fraction of sp³-hybridized carbons (Fsp3) is 0.600. The fourth-order valence-electron chi connectivity index (χ4n) is 3.08. The molecule has 0 bridgehead atoms. The molecule has 2 atom stereocenters. The Balaban J connectivity index is 2.55. The molecule has 1 aromatic rings. The smallest absolute Gasteiger partial charge is 0.243 e. The van der Waals surface area contributed by atoms with E-state index in [0.29, 0.717) is 5.56 Å². The maximum atomic E-state index is 14.0. The highest BCUT2D eigenvalue weighted by Crippen LogP contribution is 2.32. The van der Waals surface area contributed by atoms with E-state index in [1.54, 1.807) is 0 Å². The average molecular weight is 314 g/mol. The quantitative estimate of drug-likeness (QED) is 0.932. The number of rotatable bonds is 3. The lowest BCUT2D eigenvalue weighted by Crippen LogP contribution is -2.47. The minimum Gasteiger partial charge on any atom is -0.326 e. The van der Waals surface area contributed by atoms with Crippen molar-refractivity contribution in [1.82, 2.24) is 4.31 Å². The third-order valence-electron chi connectivity index (χ3n) is 4.26. The van der Waals surface area contributed by atoms with Crippen molar-refractivity contribution in [2.24, 2.45) is 5.73 Å². The van der Waals surface area contributed by atoms with Crippen molar-refractivity contribution < 1.29 is 12.8 Å². The zero-order chi connectivity index (χ0) is 15.8. The Morgan fingerprint density at radius 1 is 1.29 bits per heavy atom. The van der Waals surface area contributed by atoms with Gasteiger partial charge in [0.25, 0.3) is 0 Å². The summed E-state index contributed by atoms with van der Waals surface area (Å²) >= 11 is 0. The zero-order valence-electron chi connectivity index (χ0n) is 12.8. The van der Waals surface area contributed by atoms with Crippen molar-refractivity contribution in [1.29, 1.82) is 0 Å². The SMILES string of the molecule is Cc1c(F)cc(CN)cc1S(=O)(=O)N1C(C)CCCC1C. The van der Waals surface area contributed by atoms with Crippen LogP contribution in [0.2, 0.25) is 0 Å². The van der Waals surface area contributed by atoms with E-state index in [-0.39, 0.29) is 29.1 Å². The highest BCUT2D eigenvalue weighted by molar-refractivity contribution is 7.89. The van der Waals surface area contributed by atoms with Gasteiger partial charge in [-0.2, -0.15) is 4.31 Å². The molecule has 0 radical (unpaired) electrons. The Morgan fingerprint density at radius 2 is 1.86 bits per heavy atom. The van der Waals surface area contributed by atoms with Gasteiger partial charge >= 0.3 is 0 Å². The first-order valence-electron chi connectivity index (χ1n) is 7.31. The molecule has 2 unspecified atom stereocenters. The second-order valence-corrected chi connectivity index (χ2v) is 7.68. The molecule has 0 amide bonds. The largest absolute Gasteiger partial charge is 0.326 e.